The fourth-order valence-electron chi connectivity index (χ4n) is 1.54. The number of halogens is 2. The first-order valence-electron chi connectivity index (χ1n) is 4.95. The molecule has 0 N–H and O–H groups in total. The molecule has 0 radical (unpaired) electrons. The Hall–Kier alpha value is -0.220. The Balaban J connectivity index is 2.05. The molecule has 1 aliphatic rings. The first-order valence-corrected chi connectivity index (χ1v) is 6.90. The highest BCUT2D eigenvalue weighted by atomic mass is 79.9. The fraction of sp³-hybridized carbons (Fsp3) is 0.455. The van der Waals surface area contributed by atoms with E-state index in [1.54, 1.807) is 6.07 Å². The molecule has 0 aromatic heterocycles. The van der Waals surface area contributed by atoms with Crippen molar-refractivity contribution in [2.75, 3.05) is 11.5 Å². The van der Waals surface area contributed by atoms with Crippen LogP contribution in [0.3, 0.4) is 0 Å². The van der Waals surface area contributed by atoms with Gasteiger partial charge < -0.3 is 4.74 Å². The second kappa shape index (κ2) is 5.21. The summed E-state index contributed by atoms with van der Waals surface area (Å²) in [6, 6.07) is 4.54. The van der Waals surface area contributed by atoms with Crippen molar-refractivity contribution in [3.8, 4) is 5.75 Å². The van der Waals surface area contributed by atoms with Gasteiger partial charge in [0.1, 0.15) is 17.7 Å². The van der Waals surface area contributed by atoms with E-state index in [0.717, 1.165) is 28.8 Å². The highest BCUT2D eigenvalue weighted by molar-refractivity contribution is 9.10. The Morgan fingerprint density at radius 2 is 2.07 bits per heavy atom. The first kappa shape index (κ1) is 11.3. The van der Waals surface area contributed by atoms with Gasteiger partial charge in [-0.2, -0.15) is 11.8 Å². The molecule has 82 valence electrons. The van der Waals surface area contributed by atoms with Crippen LogP contribution >= 0.6 is 27.7 Å². The summed E-state index contributed by atoms with van der Waals surface area (Å²) >= 11 is 5.31. The van der Waals surface area contributed by atoms with E-state index >= 15 is 0 Å². The molecule has 1 aliphatic heterocycles. The summed E-state index contributed by atoms with van der Waals surface area (Å²) in [5.41, 5.74) is 0. The van der Waals surface area contributed by atoms with Crippen molar-refractivity contribution in [1.82, 2.24) is 0 Å². The number of hydrogen-bond donors (Lipinski definition) is 0. The zero-order valence-corrected chi connectivity index (χ0v) is 10.6. The minimum Gasteiger partial charge on any atom is -0.489 e. The SMILES string of the molecule is Fc1ccc(Br)c(OC2CCSCC2)c1. The van der Waals surface area contributed by atoms with E-state index in [9.17, 15) is 4.39 Å². The largest absolute Gasteiger partial charge is 0.489 e. The first-order chi connectivity index (χ1) is 7.25. The molecule has 0 amide bonds. The molecule has 0 unspecified atom stereocenters. The third-order valence-electron chi connectivity index (χ3n) is 2.36. The van der Waals surface area contributed by atoms with Crippen molar-refractivity contribution in [1.29, 1.82) is 0 Å². The van der Waals surface area contributed by atoms with Crippen molar-refractivity contribution < 1.29 is 9.13 Å². The van der Waals surface area contributed by atoms with Crippen LogP contribution in [0.4, 0.5) is 4.39 Å². The zero-order chi connectivity index (χ0) is 10.7. The van der Waals surface area contributed by atoms with Crippen LogP contribution in [0.1, 0.15) is 12.8 Å². The summed E-state index contributed by atoms with van der Waals surface area (Å²) in [6.07, 6.45) is 2.34. The lowest BCUT2D eigenvalue weighted by Crippen LogP contribution is -2.22. The molecule has 0 spiro atoms. The predicted molar refractivity (Wildman–Crippen MR) is 65.1 cm³/mol. The van der Waals surface area contributed by atoms with Gasteiger partial charge in [-0.15, -0.1) is 0 Å². The predicted octanol–water partition coefficient (Wildman–Crippen LogP) is 3.86. The van der Waals surface area contributed by atoms with Crippen LogP contribution in [0, 0.1) is 5.82 Å². The topological polar surface area (TPSA) is 9.23 Å². The van der Waals surface area contributed by atoms with Crippen molar-refractivity contribution in [2.45, 2.75) is 18.9 Å². The molecule has 2 rings (SSSR count). The summed E-state index contributed by atoms with van der Waals surface area (Å²) in [5.74, 6) is 2.64. The van der Waals surface area contributed by atoms with Crippen LogP contribution in [0.2, 0.25) is 0 Å². The van der Waals surface area contributed by atoms with E-state index in [0.29, 0.717) is 5.75 Å². The average Bonchev–Trinajstić information content (AvgIpc) is 2.25. The summed E-state index contributed by atoms with van der Waals surface area (Å²) in [6.45, 7) is 0. The molecule has 15 heavy (non-hydrogen) atoms. The van der Waals surface area contributed by atoms with Crippen LogP contribution in [-0.4, -0.2) is 17.6 Å². The Morgan fingerprint density at radius 1 is 1.33 bits per heavy atom. The van der Waals surface area contributed by atoms with Crippen molar-refractivity contribution in [2.24, 2.45) is 0 Å². The van der Waals surface area contributed by atoms with E-state index in [2.05, 4.69) is 15.9 Å². The molecule has 1 fully saturated rings. The number of hydrogen-bond acceptors (Lipinski definition) is 2. The Bertz CT molecular complexity index is 339. The number of benzene rings is 1. The van der Waals surface area contributed by atoms with Gasteiger partial charge in [0.05, 0.1) is 4.47 Å². The van der Waals surface area contributed by atoms with Gasteiger partial charge in [0.2, 0.25) is 0 Å². The van der Waals surface area contributed by atoms with Crippen LogP contribution in [-0.2, 0) is 0 Å². The molecule has 0 bridgehead atoms. The van der Waals surface area contributed by atoms with Gasteiger partial charge in [-0.25, -0.2) is 4.39 Å². The molecule has 0 saturated carbocycles. The molecule has 0 atom stereocenters. The molecule has 1 saturated heterocycles. The fourth-order valence-corrected chi connectivity index (χ4v) is 2.94. The van der Waals surface area contributed by atoms with E-state index in [4.69, 9.17) is 4.74 Å². The summed E-state index contributed by atoms with van der Waals surface area (Å²) in [7, 11) is 0. The molecule has 1 aromatic carbocycles. The van der Waals surface area contributed by atoms with Gasteiger partial charge in [0, 0.05) is 6.07 Å². The average molecular weight is 291 g/mol. The summed E-state index contributed by atoms with van der Waals surface area (Å²) in [4.78, 5) is 0. The smallest absolute Gasteiger partial charge is 0.136 e. The molecule has 1 nitrogen and oxygen atoms in total. The molecule has 1 heterocycles. The van der Waals surface area contributed by atoms with Crippen LogP contribution in [0.25, 0.3) is 0 Å². The Kier molecular flexibility index (Phi) is 3.92. The van der Waals surface area contributed by atoms with Crippen LogP contribution < -0.4 is 4.74 Å². The third-order valence-corrected chi connectivity index (χ3v) is 4.06. The summed E-state index contributed by atoms with van der Waals surface area (Å²) in [5, 5.41) is 0. The molecular formula is C11H12BrFOS. The van der Waals surface area contributed by atoms with Crippen molar-refractivity contribution >= 4 is 27.7 Å². The zero-order valence-electron chi connectivity index (χ0n) is 8.21. The second-order valence-corrected chi connectivity index (χ2v) is 5.58. The lowest BCUT2D eigenvalue weighted by Gasteiger charge is -2.23. The molecule has 0 aliphatic carbocycles. The van der Waals surface area contributed by atoms with Crippen LogP contribution in [0.15, 0.2) is 22.7 Å². The quantitative estimate of drug-likeness (QED) is 0.818. The van der Waals surface area contributed by atoms with Crippen molar-refractivity contribution in [3.05, 3.63) is 28.5 Å². The summed E-state index contributed by atoms with van der Waals surface area (Å²) < 4.78 is 19.6. The van der Waals surface area contributed by atoms with Gasteiger partial charge in [-0.05, 0) is 52.4 Å². The second-order valence-electron chi connectivity index (χ2n) is 3.50. The van der Waals surface area contributed by atoms with E-state index in [1.807, 2.05) is 11.8 Å². The maximum absolute atomic E-state index is 13.0. The number of thioether (sulfide) groups is 1. The molecular weight excluding hydrogens is 279 g/mol. The third kappa shape index (κ3) is 3.11. The lowest BCUT2D eigenvalue weighted by atomic mass is 10.2. The van der Waals surface area contributed by atoms with E-state index < -0.39 is 0 Å². The maximum atomic E-state index is 13.0. The highest BCUT2D eigenvalue weighted by Crippen LogP contribution is 2.29. The molecule has 4 heteroatoms. The highest BCUT2D eigenvalue weighted by Gasteiger charge is 2.16. The van der Waals surface area contributed by atoms with Crippen LogP contribution in [0.5, 0.6) is 5.75 Å². The molecule has 1 aromatic rings. The number of rotatable bonds is 2. The van der Waals surface area contributed by atoms with Gasteiger partial charge >= 0.3 is 0 Å². The Labute approximate surface area is 102 Å². The lowest BCUT2D eigenvalue weighted by molar-refractivity contribution is 0.190. The van der Waals surface area contributed by atoms with Crippen molar-refractivity contribution in [3.63, 3.8) is 0 Å². The Morgan fingerprint density at radius 3 is 2.80 bits per heavy atom. The van der Waals surface area contributed by atoms with Gasteiger partial charge in [0.15, 0.2) is 0 Å². The maximum Gasteiger partial charge on any atom is 0.136 e. The van der Waals surface area contributed by atoms with Gasteiger partial charge in [0.25, 0.3) is 0 Å². The monoisotopic (exact) mass is 290 g/mol. The van der Waals surface area contributed by atoms with Gasteiger partial charge in [-0.1, -0.05) is 0 Å². The number of ether oxygens (including phenoxy) is 1. The minimum atomic E-state index is -0.251. The van der Waals surface area contributed by atoms with Gasteiger partial charge in [-0.3, -0.25) is 0 Å². The van der Waals surface area contributed by atoms with E-state index in [-0.39, 0.29) is 11.9 Å². The normalized spacial score (nSPS) is 17.7. The van der Waals surface area contributed by atoms with E-state index in [1.165, 1.54) is 12.1 Å². The standard InChI is InChI=1S/C11H12BrFOS/c12-10-2-1-8(13)7-11(10)14-9-3-5-15-6-4-9/h1-2,7,9H,3-6H2. The minimum absolute atomic E-state index is 0.240.